The molecule has 4 rings (SSSR count). The van der Waals surface area contributed by atoms with Gasteiger partial charge in [0.1, 0.15) is 5.71 Å². The largest absolute Gasteiger partial charge is 0.387 e. The van der Waals surface area contributed by atoms with Crippen molar-refractivity contribution in [1.82, 2.24) is 14.5 Å². The first-order chi connectivity index (χ1) is 14.4. The van der Waals surface area contributed by atoms with E-state index in [9.17, 15) is 13.2 Å². The predicted octanol–water partition coefficient (Wildman–Crippen LogP) is 0.680. The standard InChI is InChI=1S/C20H25N5O4S/c21-14-16-3-5-17(6-4-16)30(27,28)25-11-7-20(15-25)13-18(23-29-20)19(26)22-8-12-24-9-1-2-10-24/h3-6H,1-2,7-13,15H2,(H,22,26). The summed E-state index contributed by atoms with van der Waals surface area (Å²) in [6.07, 6.45) is 3.18. The van der Waals surface area contributed by atoms with Crippen molar-refractivity contribution in [3.05, 3.63) is 29.8 Å². The Balaban J connectivity index is 1.32. The fraction of sp³-hybridized carbons (Fsp3) is 0.550. The van der Waals surface area contributed by atoms with Crippen LogP contribution in [0.5, 0.6) is 0 Å². The Hall–Kier alpha value is -2.48. The van der Waals surface area contributed by atoms with Crippen LogP contribution in [-0.4, -0.2) is 74.1 Å². The minimum absolute atomic E-state index is 0.136. The van der Waals surface area contributed by atoms with Gasteiger partial charge in [0.05, 0.1) is 23.1 Å². The van der Waals surface area contributed by atoms with E-state index in [0.29, 0.717) is 37.2 Å². The molecule has 3 heterocycles. The highest BCUT2D eigenvalue weighted by atomic mass is 32.2. The molecular formula is C20H25N5O4S. The van der Waals surface area contributed by atoms with E-state index in [1.165, 1.54) is 41.4 Å². The molecule has 10 heteroatoms. The zero-order valence-electron chi connectivity index (χ0n) is 16.7. The summed E-state index contributed by atoms with van der Waals surface area (Å²) in [5, 5.41) is 15.7. The van der Waals surface area contributed by atoms with Crippen LogP contribution in [0, 0.1) is 11.3 Å². The predicted molar refractivity (Wildman–Crippen MR) is 109 cm³/mol. The number of hydrogen-bond acceptors (Lipinski definition) is 7. The highest BCUT2D eigenvalue weighted by Crippen LogP contribution is 2.36. The van der Waals surface area contributed by atoms with Gasteiger partial charge in [-0.1, -0.05) is 5.16 Å². The van der Waals surface area contributed by atoms with Crippen LogP contribution in [0.15, 0.2) is 34.3 Å². The van der Waals surface area contributed by atoms with Gasteiger partial charge in [-0.2, -0.15) is 9.57 Å². The molecule has 3 aliphatic rings. The molecule has 1 amide bonds. The number of benzene rings is 1. The third-order valence-corrected chi connectivity index (χ3v) is 7.78. The molecule has 0 radical (unpaired) electrons. The van der Waals surface area contributed by atoms with Gasteiger partial charge in [-0.15, -0.1) is 0 Å². The monoisotopic (exact) mass is 431 g/mol. The second-order valence-corrected chi connectivity index (χ2v) is 9.96. The summed E-state index contributed by atoms with van der Waals surface area (Å²) >= 11 is 0. The van der Waals surface area contributed by atoms with E-state index in [4.69, 9.17) is 10.1 Å². The number of likely N-dealkylation sites (tertiary alicyclic amines) is 1. The van der Waals surface area contributed by atoms with E-state index in [1.54, 1.807) is 0 Å². The number of nitrogens with zero attached hydrogens (tertiary/aromatic N) is 4. The maximum atomic E-state index is 12.9. The first-order valence-corrected chi connectivity index (χ1v) is 11.6. The van der Waals surface area contributed by atoms with Crippen molar-refractivity contribution in [2.24, 2.45) is 5.16 Å². The van der Waals surface area contributed by atoms with Crippen molar-refractivity contribution < 1.29 is 18.0 Å². The second-order valence-electron chi connectivity index (χ2n) is 8.02. The molecule has 160 valence electrons. The van der Waals surface area contributed by atoms with Gasteiger partial charge in [0.2, 0.25) is 10.0 Å². The number of amides is 1. The van der Waals surface area contributed by atoms with E-state index in [-0.39, 0.29) is 17.3 Å². The molecule has 1 aromatic carbocycles. The van der Waals surface area contributed by atoms with Crippen LogP contribution < -0.4 is 5.32 Å². The van der Waals surface area contributed by atoms with Crippen LogP contribution in [-0.2, 0) is 19.7 Å². The average molecular weight is 432 g/mol. The number of carbonyl (C=O) groups is 1. The molecule has 0 saturated carbocycles. The normalized spacial score (nSPS) is 24.6. The molecule has 0 aliphatic carbocycles. The molecule has 3 aliphatic heterocycles. The lowest BCUT2D eigenvalue weighted by molar-refractivity contribution is -0.114. The van der Waals surface area contributed by atoms with Crippen LogP contribution in [0.3, 0.4) is 0 Å². The lowest BCUT2D eigenvalue weighted by atomic mass is 9.96. The highest BCUT2D eigenvalue weighted by molar-refractivity contribution is 7.89. The number of oxime groups is 1. The summed E-state index contributed by atoms with van der Waals surface area (Å²) in [4.78, 5) is 20.5. The lowest BCUT2D eigenvalue weighted by Crippen LogP contribution is -2.40. The molecule has 30 heavy (non-hydrogen) atoms. The van der Waals surface area contributed by atoms with Gasteiger partial charge in [-0.25, -0.2) is 8.42 Å². The summed E-state index contributed by atoms with van der Waals surface area (Å²) in [6, 6.07) is 7.81. The smallest absolute Gasteiger partial charge is 0.269 e. The zero-order valence-corrected chi connectivity index (χ0v) is 17.5. The molecule has 0 bridgehead atoms. The first kappa shape index (κ1) is 20.8. The van der Waals surface area contributed by atoms with Crippen molar-refractivity contribution in [1.29, 1.82) is 5.26 Å². The Bertz CT molecular complexity index is 979. The van der Waals surface area contributed by atoms with Crippen LogP contribution in [0.2, 0.25) is 0 Å². The van der Waals surface area contributed by atoms with Gasteiger partial charge in [0, 0.05) is 32.5 Å². The van der Waals surface area contributed by atoms with E-state index < -0.39 is 15.6 Å². The minimum atomic E-state index is -3.70. The van der Waals surface area contributed by atoms with Crippen molar-refractivity contribution in [2.45, 2.75) is 36.2 Å². The SMILES string of the molecule is N#Cc1ccc(S(=O)(=O)N2CCC3(CC(C(=O)NCCN4CCCC4)=NO3)C2)cc1. The molecule has 1 N–H and O–H groups in total. The summed E-state index contributed by atoms with van der Waals surface area (Å²) in [6.45, 7) is 3.97. The van der Waals surface area contributed by atoms with Gasteiger partial charge < -0.3 is 15.1 Å². The fourth-order valence-corrected chi connectivity index (χ4v) is 5.68. The van der Waals surface area contributed by atoms with Gasteiger partial charge >= 0.3 is 0 Å². The van der Waals surface area contributed by atoms with Crippen LogP contribution in [0.4, 0.5) is 0 Å². The van der Waals surface area contributed by atoms with Gasteiger partial charge in [0.15, 0.2) is 5.60 Å². The van der Waals surface area contributed by atoms with Gasteiger partial charge in [0.25, 0.3) is 5.91 Å². The summed E-state index contributed by atoms with van der Waals surface area (Å²) in [5.74, 6) is -0.250. The fourth-order valence-electron chi connectivity index (χ4n) is 4.16. The Kier molecular flexibility index (Phi) is 5.77. The number of sulfonamides is 1. The lowest BCUT2D eigenvalue weighted by Gasteiger charge is -2.21. The van der Waals surface area contributed by atoms with Crippen molar-refractivity contribution in [2.75, 3.05) is 39.3 Å². The average Bonchev–Trinajstić information content (AvgIpc) is 3.50. The maximum absolute atomic E-state index is 12.9. The zero-order chi connectivity index (χ0) is 21.2. The van der Waals surface area contributed by atoms with Crippen molar-refractivity contribution in [3.63, 3.8) is 0 Å². The second kappa shape index (κ2) is 8.34. The number of nitrogens with one attached hydrogen (secondary N) is 1. The maximum Gasteiger partial charge on any atom is 0.269 e. The number of nitriles is 1. The third kappa shape index (κ3) is 4.19. The molecule has 1 aromatic rings. The molecule has 1 spiro atoms. The van der Waals surface area contributed by atoms with Gasteiger partial charge in [-0.3, -0.25) is 4.79 Å². The molecule has 1 atom stereocenters. The number of hydrogen-bond donors (Lipinski definition) is 1. The minimum Gasteiger partial charge on any atom is -0.387 e. The van der Waals surface area contributed by atoms with Gasteiger partial charge in [-0.05, 0) is 50.2 Å². The topological polar surface area (TPSA) is 115 Å². The number of rotatable bonds is 6. The van der Waals surface area contributed by atoms with E-state index in [2.05, 4.69) is 15.4 Å². The number of carbonyl (C=O) groups excluding carboxylic acids is 1. The Labute approximate surface area is 176 Å². The first-order valence-electron chi connectivity index (χ1n) is 10.2. The Morgan fingerprint density at radius 1 is 1.23 bits per heavy atom. The van der Waals surface area contributed by atoms with E-state index >= 15 is 0 Å². The summed E-state index contributed by atoms with van der Waals surface area (Å²) < 4.78 is 27.2. The molecule has 2 fully saturated rings. The summed E-state index contributed by atoms with van der Waals surface area (Å²) in [5.41, 5.74) is -0.0739. The molecule has 9 nitrogen and oxygen atoms in total. The van der Waals surface area contributed by atoms with Crippen LogP contribution >= 0.6 is 0 Å². The van der Waals surface area contributed by atoms with Crippen LogP contribution in [0.25, 0.3) is 0 Å². The van der Waals surface area contributed by atoms with E-state index in [0.717, 1.165) is 19.6 Å². The van der Waals surface area contributed by atoms with Crippen molar-refractivity contribution >= 4 is 21.6 Å². The quantitative estimate of drug-likeness (QED) is 0.708. The molecular weight excluding hydrogens is 406 g/mol. The highest BCUT2D eigenvalue weighted by Gasteiger charge is 2.49. The summed E-state index contributed by atoms with van der Waals surface area (Å²) in [7, 11) is -3.70. The van der Waals surface area contributed by atoms with E-state index in [1.807, 2.05) is 6.07 Å². The third-order valence-electron chi connectivity index (χ3n) is 5.92. The molecule has 0 aromatic heterocycles. The Morgan fingerprint density at radius 3 is 2.67 bits per heavy atom. The Morgan fingerprint density at radius 2 is 1.97 bits per heavy atom. The van der Waals surface area contributed by atoms with Crippen molar-refractivity contribution in [3.8, 4) is 6.07 Å². The molecule has 2 saturated heterocycles. The molecule has 1 unspecified atom stereocenters. The van der Waals surface area contributed by atoms with Crippen LogP contribution in [0.1, 0.15) is 31.2 Å².